The highest BCUT2D eigenvalue weighted by Crippen LogP contribution is 2.32. The molecule has 144 valence electrons. The second kappa shape index (κ2) is 8.15. The second-order valence-corrected chi connectivity index (χ2v) is 8.23. The van der Waals surface area contributed by atoms with Crippen LogP contribution in [-0.4, -0.2) is 17.5 Å². The third kappa shape index (κ3) is 3.94. The van der Waals surface area contributed by atoms with E-state index in [-0.39, 0.29) is 5.91 Å². The highest BCUT2D eigenvalue weighted by molar-refractivity contribution is 7.16. The van der Waals surface area contributed by atoms with E-state index < -0.39 is 0 Å². The van der Waals surface area contributed by atoms with E-state index in [9.17, 15) is 4.79 Å². The van der Waals surface area contributed by atoms with Gasteiger partial charge in [0.15, 0.2) is 5.13 Å². The molecule has 28 heavy (non-hydrogen) atoms. The Kier molecular flexibility index (Phi) is 5.44. The Morgan fingerprint density at radius 1 is 1.11 bits per heavy atom. The number of rotatable bonds is 5. The predicted molar refractivity (Wildman–Crippen MR) is 114 cm³/mol. The summed E-state index contributed by atoms with van der Waals surface area (Å²) in [7, 11) is 0. The summed E-state index contributed by atoms with van der Waals surface area (Å²) in [5.41, 5.74) is 5.31. The summed E-state index contributed by atoms with van der Waals surface area (Å²) < 4.78 is 5.50. The molecule has 1 aromatic heterocycles. The van der Waals surface area contributed by atoms with Crippen molar-refractivity contribution in [3.05, 3.63) is 64.0 Å². The van der Waals surface area contributed by atoms with Gasteiger partial charge in [-0.1, -0.05) is 6.07 Å². The summed E-state index contributed by atoms with van der Waals surface area (Å²) in [6.45, 7) is 4.64. The van der Waals surface area contributed by atoms with Crippen molar-refractivity contribution >= 4 is 22.4 Å². The van der Waals surface area contributed by atoms with Crippen molar-refractivity contribution in [2.75, 3.05) is 11.9 Å². The SMILES string of the molecule is CCOc1ccc(-c2nc(NC(=O)c3ccc4c(c3)CCCC4)sc2C)cc1. The summed E-state index contributed by atoms with van der Waals surface area (Å²) in [6, 6.07) is 14.0. The normalized spacial score (nSPS) is 13.1. The summed E-state index contributed by atoms with van der Waals surface area (Å²) in [4.78, 5) is 18.4. The van der Waals surface area contributed by atoms with Crippen LogP contribution in [0.3, 0.4) is 0 Å². The summed E-state index contributed by atoms with van der Waals surface area (Å²) in [5.74, 6) is 0.750. The lowest BCUT2D eigenvalue weighted by Crippen LogP contribution is -2.13. The van der Waals surface area contributed by atoms with Crippen molar-refractivity contribution in [1.82, 2.24) is 4.98 Å². The molecule has 4 nitrogen and oxygen atoms in total. The van der Waals surface area contributed by atoms with Gasteiger partial charge in [-0.05, 0) is 87.1 Å². The van der Waals surface area contributed by atoms with Gasteiger partial charge in [-0.2, -0.15) is 0 Å². The number of nitrogens with zero attached hydrogens (tertiary/aromatic N) is 1. The molecule has 1 heterocycles. The van der Waals surface area contributed by atoms with Gasteiger partial charge in [-0.25, -0.2) is 4.98 Å². The van der Waals surface area contributed by atoms with Gasteiger partial charge >= 0.3 is 0 Å². The number of amides is 1. The van der Waals surface area contributed by atoms with Crippen LogP contribution in [0.4, 0.5) is 5.13 Å². The Bertz CT molecular complexity index is 992. The molecule has 3 aromatic rings. The Balaban J connectivity index is 1.51. The minimum atomic E-state index is -0.0969. The number of ether oxygens (including phenoxy) is 1. The summed E-state index contributed by atoms with van der Waals surface area (Å²) in [6.07, 6.45) is 4.63. The molecule has 0 aliphatic heterocycles. The van der Waals surface area contributed by atoms with Crippen LogP contribution in [0.1, 0.15) is 46.1 Å². The van der Waals surface area contributed by atoms with E-state index in [1.54, 1.807) is 0 Å². The van der Waals surface area contributed by atoms with Crippen molar-refractivity contribution in [3.8, 4) is 17.0 Å². The molecule has 0 atom stereocenters. The largest absolute Gasteiger partial charge is 0.494 e. The monoisotopic (exact) mass is 392 g/mol. The second-order valence-electron chi connectivity index (χ2n) is 7.03. The molecule has 2 aromatic carbocycles. The van der Waals surface area contributed by atoms with Crippen molar-refractivity contribution in [2.24, 2.45) is 0 Å². The number of hydrogen-bond donors (Lipinski definition) is 1. The first-order chi connectivity index (χ1) is 13.6. The highest BCUT2D eigenvalue weighted by Gasteiger charge is 2.16. The maximum absolute atomic E-state index is 12.7. The molecule has 0 spiro atoms. The molecular formula is C23H24N2O2S. The van der Waals surface area contributed by atoms with Crippen LogP contribution in [0.15, 0.2) is 42.5 Å². The number of thiazole rings is 1. The van der Waals surface area contributed by atoms with E-state index >= 15 is 0 Å². The molecular weight excluding hydrogens is 368 g/mol. The van der Waals surface area contributed by atoms with Gasteiger partial charge in [-0.15, -0.1) is 11.3 Å². The number of anilines is 1. The Hall–Kier alpha value is -2.66. The van der Waals surface area contributed by atoms with E-state index in [0.29, 0.717) is 17.3 Å². The van der Waals surface area contributed by atoms with Crippen LogP contribution < -0.4 is 10.1 Å². The average Bonchev–Trinajstić information content (AvgIpc) is 3.08. The van der Waals surface area contributed by atoms with Gasteiger partial charge in [0, 0.05) is 16.0 Å². The summed E-state index contributed by atoms with van der Waals surface area (Å²) in [5, 5.41) is 3.60. The van der Waals surface area contributed by atoms with Gasteiger partial charge in [0.2, 0.25) is 0 Å². The van der Waals surface area contributed by atoms with Crippen molar-refractivity contribution < 1.29 is 9.53 Å². The molecule has 0 unspecified atom stereocenters. The number of fused-ring (bicyclic) bond motifs is 1. The number of aryl methyl sites for hydroxylation is 3. The Morgan fingerprint density at radius 3 is 2.61 bits per heavy atom. The number of carbonyl (C=O) groups excluding carboxylic acids is 1. The first kappa shape index (κ1) is 18.7. The molecule has 1 N–H and O–H groups in total. The topological polar surface area (TPSA) is 51.2 Å². The van der Waals surface area contributed by atoms with Crippen LogP contribution >= 0.6 is 11.3 Å². The van der Waals surface area contributed by atoms with Gasteiger partial charge in [-0.3, -0.25) is 10.1 Å². The third-order valence-electron chi connectivity index (χ3n) is 5.07. The van der Waals surface area contributed by atoms with Crippen LogP contribution in [-0.2, 0) is 12.8 Å². The molecule has 0 saturated carbocycles. The van der Waals surface area contributed by atoms with E-state index in [4.69, 9.17) is 4.74 Å². The zero-order chi connectivity index (χ0) is 19.5. The number of benzene rings is 2. The predicted octanol–water partition coefficient (Wildman–Crippen LogP) is 5.65. The van der Waals surface area contributed by atoms with Crippen LogP contribution in [0.25, 0.3) is 11.3 Å². The van der Waals surface area contributed by atoms with Crippen LogP contribution in [0.2, 0.25) is 0 Å². The van der Waals surface area contributed by atoms with Crippen LogP contribution in [0, 0.1) is 6.92 Å². The number of carbonyl (C=O) groups is 1. The van der Waals surface area contributed by atoms with E-state index in [2.05, 4.69) is 16.4 Å². The fourth-order valence-electron chi connectivity index (χ4n) is 3.64. The van der Waals surface area contributed by atoms with Crippen LogP contribution in [0.5, 0.6) is 5.75 Å². The zero-order valence-corrected chi connectivity index (χ0v) is 17.1. The van der Waals surface area contributed by atoms with E-state index in [1.165, 1.54) is 35.3 Å². The molecule has 1 aliphatic carbocycles. The molecule has 0 bridgehead atoms. The molecule has 4 rings (SSSR count). The molecule has 5 heteroatoms. The smallest absolute Gasteiger partial charge is 0.257 e. The van der Waals surface area contributed by atoms with E-state index in [0.717, 1.165) is 34.7 Å². The van der Waals surface area contributed by atoms with Gasteiger partial charge in [0.25, 0.3) is 5.91 Å². The number of nitrogens with one attached hydrogen (secondary N) is 1. The molecule has 0 radical (unpaired) electrons. The van der Waals surface area contributed by atoms with Gasteiger partial charge < -0.3 is 4.74 Å². The lowest BCUT2D eigenvalue weighted by molar-refractivity contribution is 0.102. The first-order valence-corrected chi connectivity index (χ1v) is 10.6. The van der Waals surface area contributed by atoms with Crippen molar-refractivity contribution in [3.63, 3.8) is 0 Å². The lowest BCUT2D eigenvalue weighted by atomic mass is 9.90. The molecule has 0 fully saturated rings. The maximum Gasteiger partial charge on any atom is 0.257 e. The molecule has 1 amide bonds. The Labute approximate surface area is 169 Å². The standard InChI is InChI=1S/C23H24N2O2S/c1-3-27-20-12-10-17(11-13-20)21-15(2)28-23(24-21)25-22(26)19-9-8-16-6-4-5-7-18(16)14-19/h8-14H,3-7H2,1-2H3,(H,24,25,26). The minimum absolute atomic E-state index is 0.0969. The lowest BCUT2D eigenvalue weighted by Gasteiger charge is -2.16. The third-order valence-corrected chi connectivity index (χ3v) is 5.95. The fourth-order valence-corrected chi connectivity index (χ4v) is 4.47. The minimum Gasteiger partial charge on any atom is -0.494 e. The number of hydrogen-bond acceptors (Lipinski definition) is 4. The van der Waals surface area contributed by atoms with Crippen molar-refractivity contribution in [1.29, 1.82) is 0 Å². The first-order valence-electron chi connectivity index (χ1n) is 9.78. The average molecular weight is 393 g/mol. The molecule has 1 aliphatic rings. The Morgan fingerprint density at radius 2 is 1.86 bits per heavy atom. The fraction of sp³-hybridized carbons (Fsp3) is 0.304. The zero-order valence-electron chi connectivity index (χ0n) is 16.2. The quantitative estimate of drug-likeness (QED) is 0.610. The van der Waals surface area contributed by atoms with E-state index in [1.807, 2.05) is 50.2 Å². The number of aromatic nitrogens is 1. The van der Waals surface area contributed by atoms with Gasteiger partial charge in [0.1, 0.15) is 5.75 Å². The van der Waals surface area contributed by atoms with Crippen molar-refractivity contribution in [2.45, 2.75) is 39.5 Å². The van der Waals surface area contributed by atoms with Gasteiger partial charge in [0.05, 0.1) is 12.3 Å². The maximum atomic E-state index is 12.7. The summed E-state index contributed by atoms with van der Waals surface area (Å²) >= 11 is 1.50. The molecule has 0 saturated heterocycles. The highest BCUT2D eigenvalue weighted by atomic mass is 32.1.